The number of carbonyl (C=O) groups excluding carboxylic acids is 2. The number of likely N-dealkylation sites (N-methyl/N-ethyl adjacent to an activating group) is 1. The number of amides is 2. The first-order valence-corrected chi connectivity index (χ1v) is 9.87. The van der Waals surface area contributed by atoms with Crippen LogP contribution in [0, 0.1) is 17.7 Å². The number of nitrogens with zero attached hydrogens (tertiary/aromatic N) is 3. The van der Waals surface area contributed by atoms with Crippen molar-refractivity contribution < 1.29 is 19.1 Å². The number of aromatic nitrogens is 2. The van der Waals surface area contributed by atoms with Crippen LogP contribution in [0.1, 0.15) is 59.0 Å². The molecule has 0 saturated heterocycles. The molecule has 3 N–H and O–H groups in total. The Labute approximate surface area is 173 Å². The van der Waals surface area contributed by atoms with Crippen LogP contribution in [0.4, 0.5) is 4.39 Å². The van der Waals surface area contributed by atoms with E-state index in [1.807, 2.05) is 0 Å². The number of nitrogens with two attached hydrogens (primary N) is 1. The molecule has 3 aliphatic carbocycles. The van der Waals surface area contributed by atoms with Gasteiger partial charge >= 0.3 is 0 Å². The number of carbonyl (C=O) groups is 2. The summed E-state index contributed by atoms with van der Waals surface area (Å²) in [6.45, 7) is 2.21. The van der Waals surface area contributed by atoms with Gasteiger partial charge in [-0.2, -0.15) is 0 Å². The maximum absolute atomic E-state index is 14.8. The molecule has 1 fully saturated rings. The van der Waals surface area contributed by atoms with Crippen LogP contribution < -0.4 is 5.73 Å². The predicted molar refractivity (Wildman–Crippen MR) is 108 cm³/mol. The van der Waals surface area contributed by atoms with E-state index < -0.39 is 23.7 Å². The second-order valence-electron chi connectivity index (χ2n) is 7.90. The van der Waals surface area contributed by atoms with Crippen molar-refractivity contribution in [3.8, 4) is 23.1 Å². The molecule has 2 bridgehead atoms. The molecule has 1 heterocycles. The monoisotopic (exact) mass is 410 g/mol. The molecule has 0 radical (unpaired) electrons. The third-order valence-corrected chi connectivity index (χ3v) is 6.15. The van der Waals surface area contributed by atoms with Crippen molar-refractivity contribution in [1.29, 1.82) is 0 Å². The number of benzene rings is 1. The number of rotatable bonds is 3. The molecule has 1 aromatic heterocycles. The highest BCUT2D eigenvalue weighted by Crippen LogP contribution is 2.55. The number of halogens is 1. The van der Waals surface area contributed by atoms with E-state index in [-0.39, 0.29) is 23.2 Å². The number of primary amides is 1. The minimum absolute atomic E-state index is 0.0658. The van der Waals surface area contributed by atoms with Gasteiger partial charge in [-0.05, 0) is 43.4 Å². The normalized spacial score (nSPS) is 19.4. The van der Waals surface area contributed by atoms with Crippen LogP contribution in [0.5, 0.6) is 0 Å². The maximum Gasteiger partial charge on any atom is 0.284 e. The van der Waals surface area contributed by atoms with Gasteiger partial charge in [0.15, 0.2) is 11.9 Å². The average molecular weight is 410 g/mol. The summed E-state index contributed by atoms with van der Waals surface area (Å²) in [7, 11) is 3.32. The van der Waals surface area contributed by atoms with Gasteiger partial charge in [0.05, 0.1) is 11.3 Å². The van der Waals surface area contributed by atoms with Gasteiger partial charge in [-0.15, -0.1) is 0 Å². The lowest BCUT2D eigenvalue weighted by atomic mass is 9.71. The number of hydrogen-bond donors (Lipinski definition) is 2. The molecule has 1 unspecified atom stereocenters. The lowest BCUT2D eigenvalue weighted by Crippen LogP contribution is -2.35. The quantitative estimate of drug-likeness (QED) is 0.749. The third kappa shape index (κ3) is 3.06. The lowest BCUT2D eigenvalue weighted by molar-refractivity contribution is -0.135. The Hall–Kier alpha value is -3.18. The molecule has 1 saturated carbocycles. The van der Waals surface area contributed by atoms with Gasteiger partial charge in [0, 0.05) is 37.8 Å². The third-order valence-electron chi connectivity index (χ3n) is 6.15. The molecule has 0 aliphatic heterocycles. The highest BCUT2D eigenvalue weighted by Gasteiger charge is 2.41. The van der Waals surface area contributed by atoms with Gasteiger partial charge in [0.2, 0.25) is 0 Å². The minimum Gasteiger partial charge on any atom is -0.372 e. The predicted octanol–water partition coefficient (Wildman–Crippen LogP) is 1.49. The van der Waals surface area contributed by atoms with E-state index in [9.17, 15) is 19.1 Å². The van der Waals surface area contributed by atoms with Crippen molar-refractivity contribution in [2.24, 2.45) is 12.8 Å². The number of hydrogen-bond acceptors (Lipinski definition) is 4. The first kappa shape index (κ1) is 20.1. The van der Waals surface area contributed by atoms with Crippen LogP contribution in [0.15, 0.2) is 12.1 Å². The molecule has 7 nitrogen and oxygen atoms in total. The van der Waals surface area contributed by atoms with E-state index in [1.165, 1.54) is 11.0 Å². The molecule has 8 heteroatoms. The van der Waals surface area contributed by atoms with Gasteiger partial charge < -0.3 is 20.3 Å². The molecule has 3 aliphatic rings. The second kappa shape index (κ2) is 7.26. The zero-order valence-corrected chi connectivity index (χ0v) is 17.1. The molecule has 30 heavy (non-hydrogen) atoms. The van der Waals surface area contributed by atoms with E-state index in [2.05, 4.69) is 16.8 Å². The fraction of sp³-hybridized carbons (Fsp3) is 0.409. The zero-order chi connectivity index (χ0) is 21.7. The van der Waals surface area contributed by atoms with Crippen LogP contribution in [-0.2, 0) is 11.8 Å². The summed E-state index contributed by atoms with van der Waals surface area (Å²) >= 11 is 0. The van der Waals surface area contributed by atoms with Crippen LogP contribution >= 0.6 is 0 Å². The lowest BCUT2D eigenvalue weighted by Gasteiger charge is -2.34. The number of aliphatic hydroxyl groups excluding tert-OH is 1. The standard InChI is InChI=1S/C22H23FN4O3/c1-4-26(2)22(30)17(28)6-5-11-9-15-14(10-16(11)23)12-7-13(8-12)19-18(15)25-21(20(24)29)27(19)3/h9-10,12-13,17,28H,4,7-8H2,1-3H3,(H2,24,29). The van der Waals surface area contributed by atoms with E-state index in [1.54, 1.807) is 31.7 Å². The van der Waals surface area contributed by atoms with Crippen molar-refractivity contribution in [1.82, 2.24) is 14.5 Å². The first-order chi connectivity index (χ1) is 14.2. The Morgan fingerprint density at radius 2 is 2.10 bits per heavy atom. The molecule has 2 amide bonds. The van der Waals surface area contributed by atoms with Gasteiger partial charge in [-0.3, -0.25) is 9.59 Å². The van der Waals surface area contributed by atoms with E-state index in [4.69, 9.17) is 5.73 Å². The average Bonchev–Trinajstić information content (AvgIpc) is 2.88. The van der Waals surface area contributed by atoms with Crippen molar-refractivity contribution >= 4 is 11.8 Å². The Morgan fingerprint density at radius 1 is 1.40 bits per heavy atom. The van der Waals surface area contributed by atoms with Gasteiger partial charge in [-0.1, -0.05) is 11.8 Å². The molecular formula is C22H23FN4O3. The van der Waals surface area contributed by atoms with Gasteiger partial charge in [-0.25, -0.2) is 9.37 Å². The van der Waals surface area contributed by atoms with Gasteiger partial charge in [0.25, 0.3) is 11.8 Å². The minimum atomic E-state index is -1.53. The highest BCUT2D eigenvalue weighted by atomic mass is 19.1. The molecular weight excluding hydrogens is 387 g/mol. The van der Waals surface area contributed by atoms with Crippen LogP contribution in [-0.4, -0.2) is 51.1 Å². The Balaban J connectivity index is 1.80. The fourth-order valence-corrected chi connectivity index (χ4v) is 4.29. The van der Waals surface area contributed by atoms with Crippen LogP contribution in [0.2, 0.25) is 0 Å². The Bertz CT molecular complexity index is 1120. The number of imidazole rings is 1. The van der Waals surface area contributed by atoms with Crippen molar-refractivity contribution in [2.75, 3.05) is 13.6 Å². The van der Waals surface area contributed by atoms with Crippen molar-refractivity contribution in [2.45, 2.75) is 37.7 Å². The molecule has 2 aromatic rings. The Kier molecular flexibility index (Phi) is 4.86. The molecule has 1 aromatic carbocycles. The van der Waals surface area contributed by atoms with E-state index in [0.717, 1.165) is 29.7 Å². The van der Waals surface area contributed by atoms with E-state index in [0.29, 0.717) is 12.2 Å². The summed E-state index contributed by atoms with van der Waals surface area (Å²) in [5, 5.41) is 10.0. The van der Waals surface area contributed by atoms with E-state index >= 15 is 0 Å². The van der Waals surface area contributed by atoms with Crippen LogP contribution in [0.3, 0.4) is 0 Å². The SMILES string of the molecule is CCN(C)C(=O)C(O)C#Cc1cc2c(cc1F)C1CC(C1)c1c-2nc(C(N)=O)n1C. The fourth-order valence-electron chi connectivity index (χ4n) is 4.29. The van der Waals surface area contributed by atoms with Crippen LogP contribution in [0.25, 0.3) is 11.3 Å². The zero-order valence-electron chi connectivity index (χ0n) is 17.1. The largest absolute Gasteiger partial charge is 0.372 e. The van der Waals surface area contributed by atoms with Gasteiger partial charge in [0.1, 0.15) is 5.82 Å². The summed E-state index contributed by atoms with van der Waals surface area (Å²) in [5.41, 5.74) is 8.64. The topological polar surface area (TPSA) is 101 Å². The summed E-state index contributed by atoms with van der Waals surface area (Å²) in [6, 6.07) is 3.05. The second-order valence-corrected chi connectivity index (χ2v) is 7.90. The van der Waals surface area contributed by atoms with Crippen molar-refractivity contribution in [3.05, 3.63) is 40.6 Å². The maximum atomic E-state index is 14.8. The summed E-state index contributed by atoms with van der Waals surface area (Å²) in [4.78, 5) is 29.6. The molecule has 5 rings (SSSR count). The number of aliphatic hydroxyl groups is 1. The Morgan fingerprint density at radius 3 is 2.73 bits per heavy atom. The smallest absolute Gasteiger partial charge is 0.284 e. The summed E-state index contributed by atoms with van der Waals surface area (Å²) in [5.74, 6) is 3.98. The summed E-state index contributed by atoms with van der Waals surface area (Å²) in [6.07, 6.45) is 0.185. The van der Waals surface area contributed by atoms with Crippen molar-refractivity contribution in [3.63, 3.8) is 0 Å². The first-order valence-electron chi connectivity index (χ1n) is 9.87. The highest BCUT2D eigenvalue weighted by molar-refractivity contribution is 5.91. The summed E-state index contributed by atoms with van der Waals surface area (Å²) < 4.78 is 16.5. The molecule has 0 spiro atoms. The molecule has 156 valence electrons. The molecule has 1 atom stereocenters.